The highest BCUT2D eigenvalue weighted by atomic mass is 19.4. The zero-order valence-corrected chi connectivity index (χ0v) is 18.1. The van der Waals surface area contributed by atoms with Gasteiger partial charge in [0, 0.05) is 27.3 Å². The first-order valence-electron chi connectivity index (χ1n) is 10.5. The van der Waals surface area contributed by atoms with Crippen LogP contribution in [0.4, 0.5) is 43.9 Å². The van der Waals surface area contributed by atoms with Crippen molar-refractivity contribution in [2.75, 3.05) is 0 Å². The number of hydrogen-bond acceptors (Lipinski definition) is 0. The van der Waals surface area contributed by atoms with Gasteiger partial charge in [-0.05, 0) is 29.1 Å². The van der Waals surface area contributed by atoms with Crippen molar-refractivity contribution in [3.05, 3.63) is 107 Å². The average molecular weight is 524 g/mol. The van der Waals surface area contributed by atoms with Crippen LogP contribution in [0.2, 0.25) is 0 Å². The molecule has 0 aliphatic heterocycles. The molecule has 0 N–H and O–H groups in total. The predicted octanol–water partition coefficient (Wildman–Crippen LogP) is 9.32. The van der Waals surface area contributed by atoms with E-state index in [1.165, 1.54) is 30.3 Å². The first kappa shape index (κ1) is 24.6. The molecule has 5 aromatic carbocycles. The Morgan fingerprint density at radius 3 is 1.49 bits per heavy atom. The predicted molar refractivity (Wildman–Crippen MR) is 117 cm³/mol. The normalized spacial score (nSPS) is 12.1. The Balaban J connectivity index is 2.12. The molecule has 0 aliphatic carbocycles. The van der Waals surface area contributed by atoms with E-state index in [1.807, 2.05) is 0 Å². The molecule has 10 heteroatoms. The third-order valence-electron chi connectivity index (χ3n) is 6.00. The van der Waals surface area contributed by atoms with Crippen molar-refractivity contribution in [1.29, 1.82) is 0 Å². The van der Waals surface area contributed by atoms with Gasteiger partial charge in [0.05, 0.1) is 5.56 Å². The van der Waals surface area contributed by atoms with Crippen LogP contribution < -0.4 is 0 Å². The van der Waals surface area contributed by atoms with Crippen molar-refractivity contribution in [3.63, 3.8) is 0 Å². The van der Waals surface area contributed by atoms with Gasteiger partial charge in [-0.15, -0.1) is 0 Å². The fourth-order valence-electron chi connectivity index (χ4n) is 4.54. The van der Waals surface area contributed by atoms with Crippen LogP contribution in [-0.2, 0) is 6.18 Å². The summed E-state index contributed by atoms with van der Waals surface area (Å²) in [5.74, 6) is -14.5. The molecule has 0 heterocycles. The zero-order chi connectivity index (χ0) is 26.8. The summed E-state index contributed by atoms with van der Waals surface area (Å²) in [5.41, 5.74) is -5.73. The van der Waals surface area contributed by atoms with E-state index in [2.05, 4.69) is 0 Å². The number of halogens is 10. The number of alkyl halides is 3. The van der Waals surface area contributed by atoms with E-state index in [1.54, 1.807) is 6.07 Å². The Labute approximate surface area is 201 Å². The van der Waals surface area contributed by atoms with Gasteiger partial charge in [-0.25, -0.2) is 30.7 Å². The summed E-state index contributed by atoms with van der Waals surface area (Å²) < 4.78 is 145. The van der Waals surface area contributed by atoms with Gasteiger partial charge in [0.1, 0.15) is 23.0 Å². The maximum Gasteiger partial charge on any atom is 0.422 e. The van der Waals surface area contributed by atoms with E-state index in [4.69, 9.17) is 0 Å². The number of rotatable bonds is 2. The molecule has 0 fully saturated rings. The second-order valence-corrected chi connectivity index (χ2v) is 8.06. The van der Waals surface area contributed by atoms with E-state index >= 15 is 22.0 Å². The minimum absolute atomic E-state index is 0.112. The molecule has 5 rings (SSSR count). The van der Waals surface area contributed by atoms with Crippen molar-refractivity contribution >= 4 is 21.5 Å². The van der Waals surface area contributed by atoms with Gasteiger partial charge in [-0.2, -0.15) is 13.2 Å². The SMILES string of the molecule is Fc1c(F)c(C(F)(F)F)c(F)c(F)c1-c1c2c(F)cccc2c(-c2ccccc2)c2c(F)ccc(F)c12. The zero-order valence-electron chi connectivity index (χ0n) is 18.1. The van der Waals surface area contributed by atoms with Gasteiger partial charge >= 0.3 is 6.18 Å². The largest absolute Gasteiger partial charge is 0.422 e. The summed E-state index contributed by atoms with van der Waals surface area (Å²) in [6, 6.07) is 11.9. The van der Waals surface area contributed by atoms with Crippen LogP contribution in [0, 0.1) is 40.7 Å². The summed E-state index contributed by atoms with van der Waals surface area (Å²) in [4.78, 5) is 0. The van der Waals surface area contributed by atoms with Crippen molar-refractivity contribution in [1.82, 2.24) is 0 Å². The molecule has 37 heavy (non-hydrogen) atoms. The van der Waals surface area contributed by atoms with Gasteiger partial charge in [-0.3, -0.25) is 0 Å². The molecule has 0 atom stereocenters. The van der Waals surface area contributed by atoms with Crippen molar-refractivity contribution in [3.8, 4) is 22.3 Å². The quantitative estimate of drug-likeness (QED) is 0.123. The lowest BCUT2D eigenvalue weighted by Crippen LogP contribution is -2.16. The minimum atomic E-state index is -5.84. The highest BCUT2D eigenvalue weighted by Crippen LogP contribution is 2.49. The van der Waals surface area contributed by atoms with Crippen LogP contribution in [0.15, 0.2) is 60.7 Å². The summed E-state index contributed by atoms with van der Waals surface area (Å²) in [6.07, 6.45) is -5.84. The van der Waals surface area contributed by atoms with Crippen LogP contribution >= 0.6 is 0 Å². The summed E-state index contributed by atoms with van der Waals surface area (Å²) in [5, 5.41) is -2.63. The summed E-state index contributed by atoms with van der Waals surface area (Å²) >= 11 is 0. The standard InChI is InChI=1S/C27H10F10/c28-13-8-4-7-12-16(11-5-2-1-3-6-11)18-14(29)9-10-15(30)19(18)20(17(12)13)21-23(31)25(33)22(27(35,36)37)26(34)24(21)32/h1-10H. The molecule has 0 nitrogen and oxygen atoms in total. The van der Waals surface area contributed by atoms with Crippen molar-refractivity contribution < 1.29 is 43.9 Å². The summed E-state index contributed by atoms with van der Waals surface area (Å²) in [6.45, 7) is 0. The number of benzene rings is 5. The maximum absolute atomic E-state index is 15.3. The molecular weight excluding hydrogens is 514 g/mol. The Morgan fingerprint density at radius 1 is 0.432 bits per heavy atom. The molecule has 0 aromatic heterocycles. The molecule has 0 aliphatic rings. The van der Waals surface area contributed by atoms with E-state index in [9.17, 15) is 22.0 Å². The first-order chi connectivity index (χ1) is 17.4. The third kappa shape index (κ3) is 3.61. The number of fused-ring (bicyclic) bond motifs is 2. The monoisotopic (exact) mass is 524 g/mol. The van der Waals surface area contributed by atoms with Crippen molar-refractivity contribution in [2.45, 2.75) is 6.18 Å². The Bertz CT molecular complexity index is 1690. The Morgan fingerprint density at radius 2 is 0.946 bits per heavy atom. The lowest BCUT2D eigenvalue weighted by Gasteiger charge is -2.21. The Kier molecular flexibility index (Phi) is 5.65. The van der Waals surface area contributed by atoms with E-state index < -0.39 is 79.7 Å². The van der Waals surface area contributed by atoms with Gasteiger partial charge in [0.25, 0.3) is 0 Å². The molecule has 0 radical (unpaired) electrons. The molecule has 0 spiro atoms. The third-order valence-corrected chi connectivity index (χ3v) is 6.00. The average Bonchev–Trinajstić information content (AvgIpc) is 2.84. The fraction of sp³-hybridized carbons (Fsp3) is 0.0370. The van der Waals surface area contributed by atoms with E-state index in [-0.39, 0.29) is 16.5 Å². The number of hydrogen-bond donors (Lipinski definition) is 0. The molecule has 0 saturated heterocycles. The van der Waals surface area contributed by atoms with Gasteiger partial charge in [-0.1, -0.05) is 42.5 Å². The van der Waals surface area contributed by atoms with Crippen LogP contribution in [0.1, 0.15) is 5.56 Å². The fourth-order valence-corrected chi connectivity index (χ4v) is 4.54. The van der Waals surface area contributed by atoms with Crippen LogP contribution in [0.25, 0.3) is 43.8 Å². The second-order valence-electron chi connectivity index (χ2n) is 8.06. The molecule has 188 valence electrons. The summed E-state index contributed by atoms with van der Waals surface area (Å²) in [7, 11) is 0. The van der Waals surface area contributed by atoms with Crippen LogP contribution in [-0.4, -0.2) is 0 Å². The lowest BCUT2D eigenvalue weighted by molar-refractivity contribution is -0.143. The van der Waals surface area contributed by atoms with E-state index in [0.29, 0.717) is 12.1 Å². The molecule has 0 bridgehead atoms. The van der Waals surface area contributed by atoms with Gasteiger partial charge in [0.15, 0.2) is 23.3 Å². The minimum Gasteiger partial charge on any atom is -0.206 e. The van der Waals surface area contributed by atoms with Crippen LogP contribution in [0.5, 0.6) is 0 Å². The first-order valence-corrected chi connectivity index (χ1v) is 10.5. The molecular formula is C27H10F10. The van der Waals surface area contributed by atoms with Gasteiger partial charge < -0.3 is 0 Å². The molecule has 0 saturated carbocycles. The van der Waals surface area contributed by atoms with E-state index in [0.717, 1.165) is 12.1 Å². The smallest absolute Gasteiger partial charge is 0.206 e. The Hall–Kier alpha value is -4.08. The second kappa shape index (κ2) is 8.50. The maximum atomic E-state index is 15.3. The van der Waals surface area contributed by atoms with Gasteiger partial charge in [0.2, 0.25) is 0 Å². The molecule has 0 amide bonds. The molecule has 0 unspecified atom stereocenters. The topological polar surface area (TPSA) is 0 Å². The highest BCUT2D eigenvalue weighted by Gasteiger charge is 2.43. The van der Waals surface area contributed by atoms with Crippen molar-refractivity contribution in [2.24, 2.45) is 0 Å². The molecule has 5 aromatic rings. The highest BCUT2D eigenvalue weighted by molar-refractivity contribution is 6.22. The van der Waals surface area contributed by atoms with Crippen LogP contribution in [0.3, 0.4) is 0 Å². The lowest BCUT2D eigenvalue weighted by atomic mass is 9.84.